The highest BCUT2D eigenvalue weighted by molar-refractivity contribution is 7.89. The molecule has 1 N–H and O–H groups in total. The van der Waals surface area contributed by atoms with E-state index < -0.39 is 21.9 Å². The topological polar surface area (TPSA) is 115 Å². The van der Waals surface area contributed by atoms with E-state index >= 15 is 0 Å². The molecular weight excluding hydrogens is 532 g/mol. The number of amides is 1. The molecule has 0 radical (unpaired) electrons. The summed E-state index contributed by atoms with van der Waals surface area (Å²) in [5, 5.41) is 0.298. The fourth-order valence-corrected chi connectivity index (χ4v) is 5.21. The second-order valence-corrected chi connectivity index (χ2v) is 10.6. The van der Waals surface area contributed by atoms with Crippen LogP contribution in [0.3, 0.4) is 0 Å². The summed E-state index contributed by atoms with van der Waals surface area (Å²) >= 11 is 6.26. The Kier molecular flexibility index (Phi) is 7.77. The average molecular weight is 557 g/mol. The van der Waals surface area contributed by atoms with E-state index in [-0.39, 0.29) is 28.3 Å². The number of hydrogen-bond donors (Lipinski definition) is 1. The molecule has 1 aliphatic heterocycles. The normalized spacial score (nSPS) is 14.9. The Balaban J connectivity index is 1.61. The van der Waals surface area contributed by atoms with Crippen molar-refractivity contribution in [2.24, 2.45) is 0 Å². The molecule has 198 valence electrons. The number of carbonyl (C=O) groups is 2. The van der Waals surface area contributed by atoms with Gasteiger partial charge >= 0.3 is 5.97 Å². The minimum Gasteiger partial charge on any atom is -0.495 e. The van der Waals surface area contributed by atoms with Gasteiger partial charge in [-0.2, -0.15) is 0 Å². The van der Waals surface area contributed by atoms with E-state index in [4.69, 9.17) is 25.5 Å². The van der Waals surface area contributed by atoms with Crippen molar-refractivity contribution in [1.29, 1.82) is 0 Å². The number of methoxy groups -OCH3 is 2. The number of anilines is 1. The summed E-state index contributed by atoms with van der Waals surface area (Å²) in [6.07, 6.45) is 1.42. The lowest BCUT2D eigenvalue weighted by atomic mass is 10.1. The number of halogens is 1. The smallest absolute Gasteiger partial charge is 0.340 e. The molecular formula is C27H25ClN2O7S. The van der Waals surface area contributed by atoms with E-state index in [1.807, 2.05) is 6.92 Å². The van der Waals surface area contributed by atoms with Crippen LogP contribution >= 0.6 is 11.6 Å². The Morgan fingerprint density at radius 1 is 1.08 bits per heavy atom. The van der Waals surface area contributed by atoms with Gasteiger partial charge < -0.3 is 13.9 Å². The van der Waals surface area contributed by atoms with Gasteiger partial charge in [0.2, 0.25) is 10.0 Å². The Labute approximate surface area is 225 Å². The summed E-state index contributed by atoms with van der Waals surface area (Å²) in [6.45, 7) is 3.38. The summed E-state index contributed by atoms with van der Waals surface area (Å²) in [5.41, 5.74) is 1.86. The Morgan fingerprint density at radius 3 is 2.42 bits per heavy atom. The molecule has 0 saturated heterocycles. The largest absolute Gasteiger partial charge is 0.495 e. The van der Waals surface area contributed by atoms with Crippen molar-refractivity contribution in [3.8, 4) is 5.75 Å². The number of furan rings is 1. The van der Waals surface area contributed by atoms with Crippen LogP contribution in [0.5, 0.6) is 5.75 Å². The van der Waals surface area contributed by atoms with Gasteiger partial charge in [-0.15, -0.1) is 0 Å². The molecule has 2 heterocycles. The van der Waals surface area contributed by atoms with Crippen molar-refractivity contribution in [2.45, 2.75) is 25.3 Å². The molecule has 1 aliphatic rings. The summed E-state index contributed by atoms with van der Waals surface area (Å²) in [5.74, 6) is -0.170. The fourth-order valence-electron chi connectivity index (χ4n) is 3.96. The van der Waals surface area contributed by atoms with Crippen molar-refractivity contribution in [2.75, 3.05) is 19.1 Å². The molecule has 1 aromatic heterocycles. The number of allylic oxidation sites excluding steroid dienone is 1. The molecule has 0 fully saturated rings. The Morgan fingerprint density at radius 2 is 1.79 bits per heavy atom. The molecule has 0 spiro atoms. The molecule has 0 unspecified atom stereocenters. The number of rotatable bonds is 8. The van der Waals surface area contributed by atoms with E-state index in [0.717, 1.165) is 5.56 Å². The predicted molar refractivity (Wildman–Crippen MR) is 142 cm³/mol. The van der Waals surface area contributed by atoms with Crippen LogP contribution in [-0.2, 0) is 30.9 Å². The van der Waals surface area contributed by atoms with Crippen LogP contribution in [0.1, 0.15) is 24.0 Å². The van der Waals surface area contributed by atoms with E-state index in [1.165, 1.54) is 37.3 Å². The number of nitrogens with one attached hydrogen (secondary N) is 1. The molecule has 2 aromatic carbocycles. The van der Waals surface area contributed by atoms with Gasteiger partial charge in [-0.05, 0) is 62.4 Å². The van der Waals surface area contributed by atoms with Crippen LogP contribution in [0.4, 0.5) is 5.69 Å². The number of ether oxygens (including phenoxy) is 2. The monoisotopic (exact) mass is 556 g/mol. The van der Waals surface area contributed by atoms with E-state index in [0.29, 0.717) is 27.9 Å². The standard InChI is InChI=1S/C27H25ClN2O7S/c1-16-5-10-21(11-6-16)38(33,34)29-15-20-9-8-19(37-20)14-22-25(27(32)36-4)17(2)30(26(22)31)18-7-12-24(35-3)23(28)13-18/h5-14,29H,15H2,1-4H3/b22-14+. The SMILES string of the molecule is COC(=O)C1=C(C)N(c2ccc(OC)c(Cl)c2)C(=O)/C1=C/c1ccc(CNS(=O)(=O)c2ccc(C)cc2)o1. The number of nitrogens with zero attached hydrogens (tertiary/aromatic N) is 1. The first-order chi connectivity index (χ1) is 18.1. The minimum atomic E-state index is -3.75. The van der Waals surface area contributed by atoms with Gasteiger partial charge in [0, 0.05) is 5.70 Å². The van der Waals surface area contributed by atoms with Crippen LogP contribution in [0.15, 0.2) is 80.8 Å². The minimum absolute atomic E-state index is 0.0578. The van der Waals surface area contributed by atoms with Crippen molar-refractivity contribution in [3.05, 3.63) is 93.5 Å². The Hall–Kier alpha value is -3.86. The third-order valence-corrected chi connectivity index (χ3v) is 7.63. The van der Waals surface area contributed by atoms with Gasteiger partial charge in [0.05, 0.1) is 47.5 Å². The summed E-state index contributed by atoms with van der Waals surface area (Å²) in [4.78, 5) is 27.6. The number of carbonyl (C=O) groups excluding carboxylic acids is 2. The zero-order valence-electron chi connectivity index (χ0n) is 21.1. The van der Waals surface area contributed by atoms with Gasteiger partial charge in [-0.1, -0.05) is 29.3 Å². The van der Waals surface area contributed by atoms with Crippen LogP contribution in [-0.4, -0.2) is 34.5 Å². The van der Waals surface area contributed by atoms with Crippen LogP contribution in [0.25, 0.3) is 6.08 Å². The third-order valence-electron chi connectivity index (χ3n) is 5.92. The lowest BCUT2D eigenvalue weighted by Gasteiger charge is -2.18. The first kappa shape index (κ1) is 27.2. The lowest BCUT2D eigenvalue weighted by Crippen LogP contribution is -2.24. The van der Waals surface area contributed by atoms with Gasteiger partial charge in [-0.3, -0.25) is 9.69 Å². The molecule has 4 rings (SSSR count). The van der Waals surface area contributed by atoms with Crippen LogP contribution in [0, 0.1) is 6.92 Å². The molecule has 0 atom stereocenters. The second-order valence-electron chi connectivity index (χ2n) is 8.41. The Bertz CT molecular complexity index is 1570. The van der Waals surface area contributed by atoms with Gasteiger partial charge in [0.25, 0.3) is 5.91 Å². The number of aryl methyl sites for hydroxylation is 1. The maximum absolute atomic E-state index is 13.5. The fraction of sp³-hybridized carbons (Fsp3) is 0.185. The number of sulfonamides is 1. The number of benzene rings is 2. The summed E-state index contributed by atoms with van der Waals surface area (Å²) < 4.78 is 43.5. The number of esters is 1. The maximum atomic E-state index is 13.5. The highest BCUT2D eigenvalue weighted by Gasteiger charge is 2.38. The highest BCUT2D eigenvalue weighted by Crippen LogP contribution is 2.38. The molecule has 9 nitrogen and oxygen atoms in total. The van der Waals surface area contributed by atoms with Crippen molar-refractivity contribution < 1.29 is 31.9 Å². The number of hydrogen-bond acceptors (Lipinski definition) is 7. The van der Waals surface area contributed by atoms with Gasteiger partial charge in [-0.25, -0.2) is 17.9 Å². The molecule has 1 amide bonds. The molecule has 0 saturated carbocycles. The zero-order valence-corrected chi connectivity index (χ0v) is 22.6. The van der Waals surface area contributed by atoms with E-state index in [1.54, 1.807) is 49.4 Å². The molecule has 11 heteroatoms. The van der Waals surface area contributed by atoms with E-state index in [2.05, 4.69) is 4.72 Å². The molecule has 0 aliphatic carbocycles. The molecule has 3 aromatic rings. The molecule has 38 heavy (non-hydrogen) atoms. The first-order valence-corrected chi connectivity index (χ1v) is 13.3. The van der Waals surface area contributed by atoms with Gasteiger partial charge in [0.1, 0.15) is 17.3 Å². The van der Waals surface area contributed by atoms with Crippen molar-refractivity contribution in [3.63, 3.8) is 0 Å². The van der Waals surface area contributed by atoms with Crippen molar-refractivity contribution in [1.82, 2.24) is 4.72 Å². The quantitative estimate of drug-likeness (QED) is 0.318. The third kappa shape index (κ3) is 5.38. The zero-order chi connectivity index (χ0) is 27.6. The second kappa shape index (κ2) is 10.9. The lowest BCUT2D eigenvalue weighted by molar-refractivity contribution is -0.136. The summed E-state index contributed by atoms with van der Waals surface area (Å²) in [7, 11) is -1.04. The highest BCUT2D eigenvalue weighted by atomic mass is 35.5. The van der Waals surface area contributed by atoms with Crippen LogP contribution in [0.2, 0.25) is 5.02 Å². The maximum Gasteiger partial charge on any atom is 0.340 e. The molecule has 0 bridgehead atoms. The van der Waals surface area contributed by atoms with Crippen LogP contribution < -0.4 is 14.4 Å². The van der Waals surface area contributed by atoms with Gasteiger partial charge in [0.15, 0.2) is 0 Å². The van der Waals surface area contributed by atoms with Crippen molar-refractivity contribution >= 4 is 45.3 Å². The van der Waals surface area contributed by atoms with E-state index in [9.17, 15) is 18.0 Å². The predicted octanol–water partition coefficient (Wildman–Crippen LogP) is 4.61. The average Bonchev–Trinajstić information content (AvgIpc) is 3.44. The first-order valence-electron chi connectivity index (χ1n) is 11.4. The summed E-state index contributed by atoms with van der Waals surface area (Å²) in [6, 6.07) is 14.4.